The maximum Gasteiger partial charge on any atom is 0.511 e. The van der Waals surface area contributed by atoms with Crippen molar-refractivity contribution >= 4 is 15.8 Å². The lowest BCUT2D eigenvalue weighted by Crippen LogP contribution is -2.54. The number of hydrogen-bond donors (Lipinski definition) is 1. The van der Waals surface area contributed by atoms with E-state index in [1.54, 1.807) is 12.3 Å². The van der Waals surface area contributed by atoms with Crippen molar-refractivity contribution in [2.45, 2.75) is 55.7 Å². The van der Waals surface area contributed by atoms with Gasteiger partial charge in [-0.15, -0.1) is 0 Å². The highest BCUT2D eigenvalue weighted by atomic mass is 32.2. The number of aromatic nitrogens is 1. The van der Waals surface area contributed by atoms with E-state index in [1.165, 1.54) is 5.56 Å². The Morgan fingerprint density at radius 2 is 1.71 bits per heavy atom. The quantitative estimate of drug-likeness (QED) is 0.612. The van der Waals surface area contributed by atoms with Gasteiger partial charge in [0.05, 0.1) is 12.7 Å². The smallest absolute Gasteiger partial charge is 0.378 e. The highest BCUT2D eigenvalue weighted by molar-refractivity contribution is 7.90. The van der Waals surface area contributed by atoms with Crippen molar-refractivity contribution < 1.29 is 26.3 Å². The summed E-state index contributed by atoms with van der Waals surface area (Å²) in [5, 5.41) is 0. The van der Waals surface area contributed by atoms with Crippen LogP contribution in [0.4, 0.5) is 19.0 Å². The van der Waals surface area contributed by atoms with Crippen LogP contribution in [0.5, 0.6) is 0 Å². The molecule has 1 saturated carbocycles. The molecule has 1 aliphatic heterocycles. The Hall–Kier alpha value is -2.17. The third-order valence-corrected chi connectivity index (χ3v) is 8.03. The maximum absolute atomic E-state index is 13.0. The fraction of sp³-hybridized carbons (Fsp3) is 0.542. The fourth-order valence-electron chi connectivity index (χ4n) is 4.92. The van der Waals surface area contributed by atoms with Crippen molar-refractivity contribution in [3.63, 3.8) is 0 Å². The second-order valence-electron chi connectivity index (χ2n) is 9.07. The van der Waals surface area contributed by atoms with Crippen LogP contribution in [0.2, 0.25) is 0 Å². The number of piperidine rings is 1. The molecule has 0 spiro atoms. The molecule has 0 bridgehead atoms. The third-order valence-electron chi connectivity index (χ3n) is 6.81. The molecule has 186 valence electrons. The van der Waals surface area contributed by atoms with Crippen LogP contribution in [-0.2, 0) is 14.8 Å². The average molecular weight is 498 g/mol. The van der Waals surface area contributed by atoms with E-state index >= 15 is 0 Å². The summed E-state index contributed by atoms with van der Waals surface area (Å²) in [6, 6.07) is 15.0. The molecular formula is C24H30F3N3O3S. The molecule has 2 unspecified atom stereocenters. The third kappa shape index (κ3) is 6.09. The van der Waals surface area contributed by atoms with Crippen LogP contribution in [-0.4, -0.2) is 50.8 Å². The predicted molar refractivity (Wildman–Crippen MR) is 124 cm³/mol. The Labute approximate surface area is 198 Å². The topological polar surface area (TPSA) is 71.5 Å². The van der Waals surface area contributed by atoms with Crippen LogP contribution in [0, 0.1) is 5.92 Å². The zero-order chi connectivity index (χ0) is 24.2. The first-order chi connectivity index (χ1) is 16.2. The van der Waals surface area contributed by atoms with Gasteiger partial charge in [-0.05, 0) is 55.7 Å². The van der Waals surface area contributed by atoms with Gasteiger partial charge >= 0.3 is 15.5 Å². The van der Waals surface area contributed by atoms with Crippen molar-refractivity contribution in [3.8, 4) is 0 Å². The Balaban J connectivity index is 1.39. The van der Waals surface area contributed by atoms with Crippen LogP contribution in [0.1, 0.15) is 43.6 Å². The molecule has 6 nitrogen and oxygen atoms in total. The highest BCUT2D eigenvalue weighted by Gasteiger charge is 2.48. The lowest BCUT2D eigenvalue weighted by Gasteiger charge is -2.40. The molecule has 1 N–H and O–H groups in total. The first-order valence-corrected chi connectivity index (χ1v) is 13.1. The number of halogens is 3. The second kappa shape index (κ2) is 10.6. The van der Waals surface area contributed by atoms with E-state index in [0.29, 0.717) is 24.8 Å². The van der Waals surface area contributed by atoms with E-state index in [2.05, 4.69) is 17.1 Å². The van der Waals surface area contributed by atoms with Gasteiger partial charge in [-0.3, -0.25) is 0 Å². The van der Waals surface area contributed by atoms with Gasteiger partial charge in [0.1, 0.15) is 5.82 Å². The number of benzene rings is 1. The summed E-state index contributed by atoms with van der Waals surface area (Å²) >= 11 is 0. The van der Waals surface area contributed by atoms with Gasteiger partial charge in [0.15, 0.2) is 0 Å². The van der Waals surface area contributed by atoms with Crippen molar-refractivity contribution in [1.82, 2.24) is 9.71 Å². The van der Waals surface area contributed by atoms with Crippen LogP contribution in [0.15, 0.2) is 54.7 Å². The standard InChI is InChI=1S/C24H30F3N3O3S/c25-24(26,27)34(31,32)29-22-13-15-30(23-8-4-5-14-28-23)16-20(22)17-33-21-11-9-19(10-12-21)18-6-2-1-3-7-18/h1-8,14,19-22,29H,9-13,15-17H2/t19-,20?,21+,22?. The van der Waals surface area contributed by atoms with Gasteiger partial charge in [-0.1, -0.05) is 36.4 Å². The number of rotatable bonds is 7. The summed E-state index contributed by atoms with van der Waals surface area (Å²) in [6.07, 6.45) is 5.63. The molecule has 1 aromatic carbocycles. The normalized spacial score (nSPS) is 26.4. The number of nitrogens with zero attached hydrogens (tertiary/aromatic N) is 2. The molecule has 2 fully saturated rings. The molecule has 2 atom stereocenters. The zero-order valence-electron chi connectivity index (χ0n) is 18.8. The van der Waals surface area contributed by atoms with Crippen molar-refractivity contribution in [3.05, 3.63) is 60.3 Å². The molecule has 0 radical (unpaired) electrons. The molecule has 1 aliphatic carbocycles. The van der Waals surface area contributed by atoms with Crippen molar-refractivity contribution in [2.24, 2.45) is 5.92 Å². The largest absolute Gasteiger partial charge is 0.511 e. The van der Waals surface area contributed by atoms with E-state index in [9.17, 15) is 21.6 Å². The number of ether oxygens (including phenoxy) is 1. The average Bonchev–Trinajstić information content (AvgIpc) is 2.84. The molecule has 2 aliphatic rings. The molecule has 4 rings (SSSR count). The van der Waals surface area contributed by atoms with Crippen LogP contribution >= 0.6 is 0 Å². The minimum atomic E-state index is -5.43. The maximum atomic E-state index is 13.0. The Bertz CT molecular complexity index is 1010. The lowest BCUT2D eigenvalue weighted by atomic mass is 9.82. The molecule has 2 aromatic rings. The van der Waals surface area contributed by atoms with Gasteiger partial charge in [-0.2, -0.15) is 13.2 Å². The zero-order valence-corrected chi connectivity index (χ0v) is 19.6. The number of hydrogen-bond acceptors (Lipinski definition) is 5. The lowest BCUT2D eigenvalue weighted by molar-refractivity contribution is -0.0460. The monoisotopic (exact) mass is 497 g/mol. The van der Waals surface area contributed by atoms with Crippen LogP contribution < -0.4 is 9.62 Å². The number of anilines is 1. The van der Waals surface area contributed by atoms with E-state index in [4.69, 9.17) is 4.74 Å². The first-order valence-electron chi connectivity index (χ1n) is 11.6. The minimum Gasteiger partial charge on any atom is -0.378 e. The SMILES string of the molecule is O=S(=O)(NC1CCN(c2ccccn2)CC1CO[C@H]1CC[C@@H](c2ccccc2)CC1)C(F)(F)F. The Morgan fingerprint density at radius 1 is 1.00 bits per heavy atom. The van der Waals surface area contributed by atoms with E-state index < -0.39 is 27.5 Å². The van der Waals surface area contributed by atoms with Crippen LogP contribution in [0.3, 0.4) is 0 Å². The summed E-state index contributed by atoms with van der Waals surface area (Å²) in [5.74, 6) is 0.773. The molecule has 1 saturated heterocycles. The predicted octanol–water partition coefficient (Wildman–Crippen LogP) is 4.46. The molecule has 34 heavy (non-hydrogen) atoms. The van der Waals surface area contributed by atoms with Crippen molar-refractivity contribution in [2.75, 3.05) is 24.6 Å². The van der Waals surface area contributed by atoms with Crippen LogP contribution in [0.25, 0.3) is 0 Å². The molecule has 2 heterocycles. The Kier molecular flexibility index (Phi) is 7.79. The first kappa shape index (κ1) is 24.9. The molecule has 0 amide bonds. The van der Waals surface area contributed by atoms with Crippen molar-refractivity contribution in [1.29, 1.82) is 0 Å². The summed E-state index contributed by atoms with van der Waals surface area (Å²) in [4.78, 5) is 6.30. The van der Waals surface area contributed by atoms with Gasteiger partial charge in [0.25, 0.3) is 0 Å². The summed E-state index contributed by atoms with van der Waals surface area (Å²) in [7, 11) is -5.43. The fourth-order valence-corrected chi connectivity index (χ4v) is 5.76. The Morgan fingerprint density at radius 3 is 2.35 bits per heavy atom. The van der Waals surface area contributed by atoms with Gasteiger partial charge in [0.2, 0.25) is 0 Å². The summed E-state index contributed by atoms with van der Waals surface area (Å²) in [5.41, 5.74) is -4.02. The van der Waals surface area contributed by atoms with E-state index in [0.717, 1.165) is 25.7 Å². The molecule has 10 heteroatoms. The number of pyridine rings is 1. The van der Waals surface area contributed by atoms with Gasteiger partial charge in [0, 0.05) is 31.2 Å². The number of sulfonamides is 1. The molecule has 1 aromatic heterocycles. The minimum absolute atomic E-state index is 0.0186. The highest BCUT2D eigenvalue weighted by Crippen LogP contribution is 2.34. The van der Waals surface area contributed by atoms with E-state index in [1.807, 2.05) is 40.0 Å². The second-order valence-corrected chi connectivity index (χ2v) is 10.8. The number of alkyl halides is 3. The summed E-state index contributed by atoms with van der Waals surface area (Å²) < 4.78 is 70.7. The van der Waals surface area contributed by atoms with Gasteiger partial charge in [-0.25, -0.2) is 18.1 Å². The number of nitrogens with one attached hydrogen (secondary N) is 1. The molecular weight excluding hydrogens is 467 g/mol. The van der Waals surface area contributed by atoms with E-state index in [-0.39, 0.29) is 19.1 Å². The van der Waals surface area contributed by atoms with Gasteiger partial charge < -0.3 is 9.64 Å². The summed E-state index contributed by atoms with van der Waals surface area (Å²) in [6.45, 7) is 0.956.